The predicted octanol–water partition coefficient (Wildman–Crippen LogP) is -0.156. The summed E-state index contributed by atoms with van der Waals surface area (Å²) in [6.07, 6.45) is 0. The molecule has 13 heavy (non-hydrogen) atoms. The Morgan fingerprint density at radius 2 is 2.38 bits per heavy atom. The molecule has 76 valence electrons. The third-order valence-electron chi connectivity index (χ3n) is 2.02. The van der Waals surface area contributed by atoms with Gasteiger partial charge in [0.25, 0.3) is 0 Å². The lowest BCUT2D eigenvalue weighted by Crippen LogP contribution is -2.50. The van der Waals surface area contributed by atoms with E-state index in [-0.39, 0.29) is 11.4 Å². The van der Waals surface area contributed by atoms with Crippen LogP contribution >= 0.6 is 0 Å². The van der Waals surface area contributed by atoms with Crippen LogP contribution in [0, 0.1) is 0 Å². The molecule has 1 aliphatic rings. The summed E-state index contributed by atoms with van der Waals surface area (Å²) in [6, 6.07) is 0. The number of hydrogen-bond acceptors (Lipinski definition) is 4. The molecule has 0 spiro atoms. The predicted molar refractivity (Wildman–Crippen MR) is 49.9 cm³/mol. The van der Waals surface area contributed by atoms with E-state index < -0.39 is 0 Å². The van der Waals surface area contributed by atoms with Gasteiger partial charge in [-0.25, -0.2) is 0 Å². The van der Waals surface area contributed by atoms with Gasteiger partial charge >= 0.3 is 0 Å². The normalized spacial score (nSPS) is 24.6. The van der Waals surface area contributed by atoms with E-state index in [9.17, 15) is 0 Å². The Hall–Kier alpha value is -0.810. The zero-order valence-corrected chi connectivity index (χ0v) is 8.16. The first kappa shape index (κ1) is 10.3. The van der Waals surface area contributed by atoms with Crippen LogP contribution in [0.3, 0.4) is 0 Å². The van der Waals surface area contributed by atoms with Crippen molar-refractivity contribution in [3.63, 3.8) is 0 Å². The zero-order chi connectivity index (χ0) is 9.90. The number of morpholine rings is 1. The van der Waals surface area contributed by atoms with Gasteiger partial charge in [-0.2, -0.15) is 0 Å². The number of hydrogen-bond donors (Lipinski definition) is 2. The standard InChI is InChI=1S/C8H17N3O2/c1-8(2)6-11(3-4-13-8)5-7(9)10-12/h12H,3-6H2,1-2H3,(H2,9,10). The summed E-state index contributed by atoms with van der Waals surface area (Å²) in [5, 5.41) is 11.3. The molecule has 5 heteroatoms. The van der Waals surface area contributed by atoms with Gasteiger partial charge in [0.15, 0.2) is 5.84 Å². The van der Waals surface area contributed by atoms with Crippen LogP contribution in [0.5, 0.6) is 0 Å². The highest BCUT2D eigenvalue weighted by atomic mass is 16.5. The van der Waals surface area contributed by atoms with Crippen molar-refractivity contribution in [2.24, 2.45) is 10.9 Å². The molecule has 0 aromatic rings. The fourth-order valence-electron chi connectivity index (χ4n) is 1.51. The van der Waals surface area contributed by atoms with Crippen molar-refractivity contribution in [1.82, 2.24) is 4.90 Å². The summed E-state index contributed by atoms with van der Waals surface area (Å²) in [5.74, 6) is 0.248. The smallest absolute Gasteiger partial charge is 0.153 e. The quantitative estimate of drug-likeness (QED) is 0.273. The van der Waals surface area contributed by atoms with Gasteiger partial charge < -0.3 is 15.7 Å². The lowest BCUT2D eigenvalue weighted by molar-refractivity contribution is -0.0820. The number of nitrogens with zero attached hydrogens (tertiary/aromatic N) is 2. The molecule has 0 aromatic heterocycles. The molecule has 0 aliphatic carbocycles. The molecule has 0 atom stereocenters. The monoisotopic (exact) mass is 187 g/mol. The molecular weight excluding hydrogens is 170 g/mol. The van der Waals surface area contributed by atoms with Crippen molar-refractivity contribution in [1.29, 1.82) is 0 Å². The van der Waals surface area contributed by atoms with E-state index in [1.807, 2.05) is 13.8 Å². The average molecular weight is 187 g/mol. The van der Waals surface area contributed by atoms with Crippen LogP contribution in [0.25, 0.3) is 0 Å². The van der Waals surface area contributed by atoms with Crippen LogP contribution in [0.15, 0.2) is 5.16 Å². The molecule has 1 fully saturated rings. The number of oxime groups is 1. The third-order valence-corrected chi connectivity index (χ3v) is 2.02. The molecule has 1 aliphatic heterocycles. The van der Waals surface area contributed by atoms with Gasteiger partial charge in [-0.1, -0.05) is 5.16 Å². The maximum Gasteiger partial charge on any atom is 0.153 e. The molecule has 0 unspecified atom stereocenters. The Kier molecular flexibility index (Phi) is 3.11. The molecule has 3 N–H and O–H groups in total. The minimum atomic E-state index is -0.131. The Labute approximate surface area is 78.1 Å². The second-order valence-corrected chi connectivity index (χ2v) is 3.91. The Balaban J connectivity index is 2.43. The fourth-order valence-corrected chi connectivity index (χ4v) is 1.51. The van der Waals surface area contributed by atoms with Crippen molar-refractivity contribution in [3.8, 4) is 0 Å². The van der Waals surface area contributed by atoms with Crippen LogP contribution in [0.1, 0.15) is 13.8 Å². The Morgan fingerprint density at radius 3 is 2.92 bits per heavy atom. The van der Waals surface area contributed by atoms with E-state index in [2.05, 4.69) is 10.1 Å². The van der Waals surface area contributed by atoms with Gasteiger partial charge in [0, 0.05) is 13.1 Å². The molecule has 0 amide bonds. The van der Waals surface area contributed by atoms with Gasteiger partial charge in [0.2, 0.25) is 0 Å². The van der Waals surface area contributed by atoms with Crippen molar-refractivity contribution < 1.29 is 9.94 Å². The topological polar surface area (TPSA) is 71.1 Å². The second kappa shape index (κ2) is 3.93. The molecule has 5 nitrogen and oxygen atoms in total. The van der Waals surface area contributed by atoms with Gasteiger partial charge in [-0.15, -0.1) is 0 Å². The summed E-state index contributed by atoms with van der Waals surface area (Å²) in [6.45, 7) is 6.91. The number of rotatable bonds is 2. The minimum Gasteiger partial charge on any atom is -0.409 e. The summed E-state index contributed by atoms with van der Waals surface area (Å²) in [5.41, 5.74) is 5.28. The third kappa shape index (κ3) is 3.20. The Morgan fingerprint density at radius 1 is 1.69 bits per heavy atom. The van der Waals surface area contributed by atoms with E-state index in [0.717, 1.165) is 13.1 Å². The minimum absolute atomic E-state index is 0.131. The first-order valence-corrected chi connectivity index (χ1v) is 4.36. The van der Waals surface area contributed by atoms with Crippen molar-refractivity contribution in [3.05, 3.63) is 0 Å². The largest absolute Gasteiger partial charge is 0.409 e. The zero-order valence-electron chi connectivity index (χ0n) is 8.16. The fraction of sp³-hybridized carbons (Fsp3) is 0.875. The molecule has 1 heterocycles. The summed E-state index contributed by atoms with van der Waals surface area (Å²) < 4.78 is 5.53. The number of ether oxygens (including phenoxy) is 1. The van der Waals surface area contributed by atoms with Crippen LogP contribution in [-0.4, -0.2) is 47.8 Å². The summed E-state index contributed by atoms with van der Waals surface area (Å²) >= 11 is 0. The van der Waals surface area contributed by atoms with Crippen molar-refractivity contribution in [2.45, 2.75) is 19.4 Å². The van der Waals surface area contributed by atoms with E-state index in [1.165, 1.54) is 0 Å². The van der Waals surface area contributed by atoms with Gasteiger partial charge in [-0.05, 0) is 13.8 Å². The highest BCUT2D eigenvalue weighted by Gasteiger charge is 2.27. The van der Waals surface area contributed by atoms with Crippen LogP contribution < -0.4 is 5.73 Å². The van der Waals surface area contributed by atoms with Gasteiger partial charge in [-0.3, -0.25) is 4.90 Å². The molecule has 0 radical (unpaired) electrons. The first-order chi connectivity index (χ1) is 6.03. The lowest BCUT2D eigenvalue weighted by Gasteiger charge is -2.37. The maximum atomic E-state index is 8.40. The molecule has 1 rings (SSSR count). The second-order valence-electron chi connectivity index (χ2n) is 3.91. The highest BCUT2D eigenvalue weighted by Crippen LogP contribution is 2.15. The number of amidine groups is 1. The molecular formula is C8H17N3O2. The Bertz CT molecular complexity index is 204. The molecule has 0 saturated carbocycles. The van der Waals surface area contributed by atoms with Gasteiger partial charge in [0.05, 0.1) is 18.8 Å². The van der Waals surface area contributed by atoms with Crippen molar-refractivity contribution >= 4 is 5.84 Å². The van der Waals surface area contributed by atoms with E-state index in [0.29, 0.717) is 13.2 Å². The van der Waals surface area contributed by atoms with E-state index in [4.69, 9.17) is 15.7 Å². The van der Waals surface area contributed by atoms with Crippen LogP contribution in [0.4, 0.5) is 0 Å². The summed E-state index contributed by atoms with van der Waals surface area (Å²) in [7, 11) is 0. The SMILES string of the molecule is CC1(C)CN(C/C(N)=N/O)CCO1. The van der Waals surface area contributed by atoms with Crippen LogP contribution in [-0.2, 0) is 4.74 Å². The number of nitrogens with two attached hydrogens (primary N) is 1. The first-order valence-electron chi connectivity index (χ1n) is 4.36. The van der Waals surface area contributed by atoms with E-state index in [1.54, 1.807) is 0 Å². The average Bonchev–Trinajstić information content (AvgIpc) is 2.02. The van der Waals surface area contributed by atoms with Gasteiger partial charge in [0.1, 0.15) is 0 Å². The van der Waals surface area contributed by atoms with E-state index >= 15 is 0 Å². The van der Waals surface area contributed by atoms with Crippen LogP contribution in [0.2, 0.25) is 0 Å². The molecule has 0 aromatic carbocycles. The lowest BCUT2D eigenvalue weighted by atomic mass is 10.1. The van der Waals surface area contributed by atoms with Crippen molar-refractivity contribution in [2.75, 3.05) is 26.2 Å². The maximum absolute atomic E-state index is 8.40. The molecule has 0 bridgehead atoms. The molecule has 1 saturated heterocycles. The summed E-state index contributed by atoms with van der Waals surface area (Å²) in [4.78, 5) is 2.11. The highest BCUT2D eigenvalue weighted by molar-refractivity contribution is 5.81.